The van der Waals surface area contributed by atoms with Crippen LogP contribution in [-0.2, 0) is 24.2 Å². The van der Waals surface area contributed by atoms with E-state index in [2.05, 4.69) is 5.32 Å². The fourth-order valence-electron chi connectivity index (χ4n) is 1.78. The zero-order valence-electron chi connectivity index (χ0n) is 10.5. The molecule has 0 atom stereocenters. The molecule has 0 unspecified atom stereocenters. The smallest absolute Gasteiger partial charge is 0.306 e. The third-order valence-corrected chi connectivity index (χ3v) is 4.50. The molecule has 104 valence electrons. The van der Waals surface area contributed by atoms with E-state index in [0.717, 1.165) is 0 Å². The lowest BCUT2D eigenvalue weighted by Crippen LogP contribution is -2.40. The Morgan fingerprint density at radius 3 is 2.39 bits per heavy atom. The molecule has 0 saturated carbocycles. The predicted molar refractivity (Wildman–Crippen MR) is 65.7 cm³/mol. The molecule has 1 heterocycles. The van der Waals surface area contributed by atoms with Crippen LogP contribution in [0.15, 0.2) is 0 Å². The van der Waals surface area contributed by atoms with E-state index in [9.17, 15) is 18.0 Å². The van der Waals surface area contributed by atoms with E-state index in [-0.39, 0.29) is 42.3 Å². The first-order valence-corrected chi connectivity index (χ1v) is 7.90. The predicted octanol–water partition coefficient (Wildman–Crippen LogP) is 0.0231. The van der Waals surface area contributed by atoms with Crippen molar-refractivity contribution in [3.05, 3.63) is 0 Å². The minimum Gasteiger partial charge on any atom is -0.466 e. The summed E-state index contributed by atoms with van der Waals surface area (Å²) in [5.41, 5.74) is 0. The van der Waals surface area contributed by atoms with Crippen molar-refractivity contribution in [2.75, 3.05) is 18.1 Å². The van der Waals surface area contributed by atoms with Gasteiger partial charge in [0.05, 0.1) is 24.5 Å². The van der Waals surface area contributed by atoms with Gasteiger partial charge in [-0.2, -0.15) is 0 Å². The quantitative estimate of drug-likeness (QED) is 0.716. The average molecular weight is 277 g/mol. The van der Waals surface area contributed by atoms with E-state index in [1.807, 2.05) is 0 Å². The highest BCUT2D eigenvalue weighted by Gasteiger charge is 2.24. The van der Waals surface area contributed by atoms with E-state index < -0.39 is 9.84 Å². The standard InChI is InChI=1S/C11H19NO5S/c1-2-17-11(14)4-3-10(13)12-9-5-7-18(15,16)8-6-9/h9H,2-8H2,1H3,(H,12,13). The Balaban J connectivity index is 2.23. The maximum absolute atomic E-state index is 11.5. The van der Waals surface area contributed by atoms with Crippen LogP contribution in [0.5, 0.6) is 0 Å². The summed E-state index contributed by atoms with van der Waals surface area (Å²) in [6.07, 6.45) is 1.05. The molecule has 1 amide bonds. The number of sulfone groups is 1. The van der Waals surface area contributed by atoms with Crippen molar-refractivity contribution in [3.63, 3.8) is 0 Å². The molecule has 1 aliphatic rings. The van der Waals surface area contributed by atoms with Crippen molar-refractivity contribution < 1.29 is 22.7 Å². The van der Waals surface area contributed by atoms with E-state index in [4.69, 9.17) is 4.74 Å². The Bertz CT molecular complexity index is 390. The lowest BCUT2D eigenvalue weighted by molar-refractivity contribution is -0.144. The summed E-state index contributed by atoms with van der Waals surface area (Å²) < 4.78 is 27.1. The second-order valence-electron chi connectivity index (χ2n) is 4.30. The van der Waals surface area contributed by atoms with Crippen LogP contribution in [-0.4, -0.2) is 44.4 Å². The van der Waals surface area contributed by atoms with E-state index in [1.165, 1.54) is 0 Å². The molecule has 0 aromatic heterocycles. The molecule has 18 heavy (non-hydrogen) atoms. The number of ether oxygens (including phenoxy) is 1. The number of carbonyl (C=O) groups is 2. The Labute approximate surface area is 107 Å². The fourth-order valence-corrected chi connectivity index (χ4v) is 3.27. The molecule has 1 rings (SSSR count). The molecule has 1 saturated heterocycles. The van der Waals surface area contributed by atoms with Crippen LogP contribution in [0, 0.1) is 0 Å². The first kappa shape index (κ1) is 14.9. The summed E-state index contributed by atoms with van der Waals surface area (Å²) in [6, 6.07) is -0.0942. The van der Waals surface area contributed by atoms with Gasteiger partial charge in [-0.25, -0.2) is 8.42 Å². The lowest BCUT2D eigenvalue weighted by atomic mass is 10.1. The monoisotopic (exact) mass is 277 g/mol. The highest BCUT2D eigenvalue weighted by Crippen LogP contribution is 2.12. The normalized spacial score (nSPS) is 19.2. The number of nitrogens with one attached hydrogen (secondary N) is 1. The van der Waals surface area contributed by atoms with Crippen LogP contribution in [0.4, 0.5) is 0 Å². The molecule has 0 radical (unpaired) electrons. The maximum atomic E-state index is 11.5. The first-order valence-electron chi connectivity index (χ1n) is 6.08. The van der Waals surface area contributed by atoms with Gasteiger partial charge in [0.15, 0.2) is 0 Å². The number of carbonyl (C=O) groups excluding carboxylic acids is 2. The van der Waals surface area contributed by atoms with Crippen molar-refractivity contribution >= 4 is 21.7 Å². The number of hydrogen-bond acceptors (Lipinski definition) is 5. The third kappa shape index (κ3) is 5.48. The Morgan fingerprint density at radius 1 is 1.22 bits per heavy atom. The highest BCUT2D eigenvalue weighted by atomic mass is 32.2. The molecule has 1 N–H and O–H groups in total. The van der Waals surface area contributed by atoms with Crippen LogP contribution in [0.25, 0.3) is 0 Å². The van der Waals surface area contributed by atoms with Gasteiger partial charge in [0.2, 0.25) is 5.91 Å². The van der Waals surface area contributed by atoms with Gasteiger partial charge in [-0.15, -0.1) is 0 Å². The van der Waals surface area contributed by atoms with Crippen molar-refractivity contribution in [2.24, 2.45) is 0 Å². The molecule has 0 bridgehead atoms. The lowest BCUT2D eigenvalue weighted by Gasteiger charge is -2.22. The summed E-state index contributed by atoms with van der Waals surface area (Å²) in [5.74, 6) is -0.378. The van der Waals surface area contributed by atoms with E-state index >= 15 is 0 Å². The molecular weight excluding hydrogens is 258 g/mol. The topological polar surface area (TPSA) is 89.5 Å². The second kappa shape index (κ2) is 6.72. The molecule has 7 heteroatoms. The maximum Gasteiger partial charge on any atom is 0.306 e. The van der Waals surface area contributed by atoms with Gasteiger partial charge in [0.25, 0.3) is 0 Å². The van der Waals surface area contributed by atoms with Gasteiger partial charge >= 0.3 is 5.97 Å². The SMILES string of the molecule is CCOC(=O)CCC(=O)NC1CCS(=O)(=O)CC1. The number of rotatable bonds is 5. The average Bonchev–Trinajstić information content (AvgIpc) is 2.30. The molecule has 0 aliphatic carbocycles. The number of amides is 1. The van der Waals surface area contributed by atoms with Crippen molar-refractivity contribution in [3.8, 4) is 0 Å². The summed E-state index contributed by atoms with van der Waals surface area (Å²) in [4.78, 5) is 22.6. The molecule has 0 spiro atoms. The highest BCUT2D eigenvalue weighted by molar-refractivity contribution is 7.91. The third-order valence-electron chi connectivity index (χ3n) is 2.78. The van der Waals surface area contributed by atoms with Crippen LogP contribution in [0.3, 0.4) is 0 Å². The van der Waals surface area contributed by atoms with Crippen molar-refractivity contribution in [1.29, 1.82) is 0 Å². The van der Waals surface area contributed by atoms with Crippen LogP contribution in [0.1, 0.15) is 32.6 Å². The zero-order valence-corrected chi connectivity index (χ0v) is 11.3. The van der Waals surface area contributed by atoms with E-state index in [0.29, 0.717) is 19.4 Å². The molecule has 1 fully saturated rings. The van der Waals surface area contributed by atoms with Crippen molar-refractivity contribution in [2.45, 2.75) is 38.6 Å². The van der Waals surface area contributed by atoms with Gasteiger partial charge in [-0.05, 0) is 19.8 Å². The zero-order chi connectivity index (χ0) is 13.6. The Kier molecular flexibility index (Phi) is 5.58. The van der Waals surface area contributed by atoms with Crippen molar-refractivity contribution in [1.82, 2.24) is 5.32 Å². The van der Waals surface area contributed by atoms with Gasteiger partial charge in [0, 0.05) is 12.5 Å². The van der Waals surface area contributed by atoms with Gasteiger partial charge in [-0.3, -0.25) is 9.59 Å². The summed E-state index contributed by atoms with van der Waals surface area (Å²) in [5, 5.41) is 2.74. The number of hydrogen-bond donors (Lipinski definition) is 1. The number of esters is 1. The summed E-state index contributed by atoms with van der Waals surface area (Å²) in [6.45, 7) is 2.02. The molecule has 6 nitrogen and oxygen atoms in total. The summed E-state index contributed by atoms with van der Waals surface area (Å²) in [7, 11) is -2.91. The van der Waals surface area contributed by atoms with Crippen LogP contribution in [0.2, 0.25) is 0 Å². The minimum absolute atomic E-state index is 0.0602. The Hall–Kier alpha value is -1.11. The van der Waals surface area contributed by atoms with Gasteiger partial charge in [-0.1, -0.05) is 0 Å². The van der Waals surface area contributed by atoms with E-state index in [1.54, 1.807) is 6.92 Å². The molecule has 1 aliphatic heterocycles. The molecular formula is C11H19NO5S. The molecule has 0 aromatic rings. The summed E-state index contributed by atoms with van der Waals surface area (Å²) >= 11 is 0. The molecule has 0 aromatic carbocycles. The second-order valence-corrected chi connectivity index (χ2v) is 6.60. The minimum atomic E-state index is -2.91. The fraction of sp³-hybridized carbons (Fsp3) is 0.818. The van der Waals surface area contributed by atoms with Gasteiger partial charge < -0.3 is 10.1 Å². The van der Waals surface area contributed by atoms with Crippen LogP contribution >= 0.6 is 0 Å². The Morgan fingerprint density at radius 2 is 1.83 bits per heavy atom. The first-order chi connectivity index (χ1) is 8.43. The largest absolute Gasteiger partial charge is 0.466 e. The van der Waals surface area contributed by atoms with Crippen LogP contribution < -0.4 is 5.32 Å². The van der Waals surface area contributed by atoms with Gasteiger partial charge in [0.1, 0.15) is 9.84 Å².